The number of aliphatic hydroxyl groups excluding tert-OH is 1. The zero-order valence-electron chi connectivity index (χ0n) is 14.9. The first-order valence-corrected chi connectivity index (χ1v) is 8.69. The fourth-order valence-corrected chi connectivity index (χ4v) is 2.45. The van der Waals surface area contributed by atoms with Crippen LogP contribution in [0.25, 0.3) is 0 Å². The van der Waals surface area contributed by atoms with Gasteiger partial charge in [0.25, 0.3) is 0 Å². The molecule has 2 amide bonds. The fourth-order valence-electron chi connectivity index (χ4n) is 2.45. The molecule has 1 aliphatic carbocycles. The second kappa shape index (κ2) is 9.07. The van der Waals surface area contributed by atoms with Gasteiger partial charge in [-0.3, -0.25) is 9.59 Å². The van der Waals surface area contributed by atoms with Crippen molar-refractivity contribution in [1.29, 1.82) is 0 Å². The van der Waals surface area contributed by atoms with Crippen LogP contribution in [0.1, 0.15) is 25.3 Å². The van der Waals surface area contributed by atoms with Gasteiger partial charge in [-0.15, -0.1) is 0 Å². The lowest BCUT2D eigenvalue weighted by atomic mass is 10.2. The molecule has 1 saturated carbocycles. The molecule has 0 saturated heterocycles. The van der Waals surface area contributed by atoms with E-state index in [1.54, 1.807) is 0 Å². The summed E-state index contributed by atoms with van der Waals surface area (Å²) >= 11 is 0. The van der Waals surface area contributed by atoms with Gasteiger partial charge in [0.15, 0.2) is 0 Å². The van der Waals surface area contributed by atoms with Crippen LogP contribution in [0.3, 0.4) is 0 Å². The zero-order chi connectivity index (χ0) is 20.0. The molecule has 9 heteroatoms. The van der Waals surface area contributed by atoms with E-state index in [1.807, 2.05) is 6.92 Å². The predicted molar refractivity (Wildman–Crippen MR) is 90.9 cm³/mol. The molecule has 0 aliphatic heterocycles. The second-order valence-electron chi connectivity index (χ2n) is 6.66. The number of benzene rings is 1. The number of aliphatic hydroxyl groups is 1. The Morgan fingerprint density at radius 1 is 1.33 bits per heavy atom. The van der Waals surface area contributed by atoms with E-state index in [9.17, 15) is 27.9 Å². The second-order valence-corrected chi connectivity index (χ2v) is 6.66. The van der Waals surface area contributed by atoms with E-state index in [4.69, 9.17) is 4.74 Å². The summed E-state index contributed by atoms with van der Waals surface area (Å²) in [6, 6.07) is 4.33. The minimum Gasteiger partial charge on any atom is -0.491 e. The van der Waals surface area contributed by atoms with Gasteiger partial charge >= 0.3 is 6.18 Å². The SMILES string of the molecule is CC1CC1C(=O)NCCC(=O)NCC(O)COc1cccc(C(F)(F)F)c1. The number of halogens is 3. The number of hydrogen-bond acceptors (Lipinski definition) is 4. The summed E-state index contributed by atoms with van der Waals surface area (Å²) < 4.78 is 43.0. The number of ether oxygens (including phenoxy) is 1. The third-order valence-corrected chi connectivity index (χ3v) is 4.24. The summed E-state index contributed by atoms with van der Waals surface area (Å²) in [4.78, 5) is 23.3. The van der Waals surface area contributed by atoms with E-state index in [-0.39, 0.29) is 49.6 Å². The van der Waals surface area contributed by atoms with E-state index in [2.05, 4.69) is 10.6 Å². The van der Waals surface area contributed by atoms with Gasteiger partial charge in [-0.25, -0.2) is 0 Å². The number of nitrogens with one attached hydrogen (secondary N) is 2. The molecule has 1 fully saturated rings. The molecule has 0 heterocycles. The van der Waals surface area contributed by atoms with Gasteiger partial charge in [0, 0.05) is 25.4 Å². The molecule has 1 aliphatic rings. The first kappa shape index (κ1) is 21.0. The Balaban J connectivity index is 1.62. The Morgan fingerprint density at radius 2 is 2.04 bits per heavy atom. The van der Waals surface area contributed by atoms with E-state index < -0.39 is 17.8 Å². The Bertz CT molecular complexity index is 666. The predicted octanol–water partition coefficient (Wildman–Crippen LogP) is 1.72. The highest BCUT2D eigenvalue weighted by Crippen LogP contribution is 2.37. The average molecular weight is 388 g/mol. The van der Waals surface area contributed by atoms with Gasteiger partial charge in [0.05, 0.1) is 5.56 Å². The van der Waals surface area contributed by atoms with Gasteiger partial charge in [-0.1, -0.05) is 13.0 Å². The third kappa shape index (κ3) is 7.09. The van der Waals surface area contributed by atoms with Crippen molar-refractivity contribution in [1.82, 2.24) is 10.6 Å². The monoisotopic (exact) mass is 388 g/mol. The molecule has 0 aromatic heterocycles. The van der Waals surface area contributed by atoms with Crippen molar-refractivity contribution in [2.45, 2.75) is 32.0 Å². The van der Waals surface area contributed by atoms with Crippen LogP contribution in [-0.4, -0.2) is 42.7 Å². The van der Waals surface area contributed by atoms with Gasteiger partial charge in [-0.05, 0) is 30.5 Å². The lowest BCUT2D eigenvalue weighted by molar-refractivity contribution is -0.137. The molecule has 3 N–H and O–H groups in total. The molecular weight excluding hydrogens is 365 g/mol. The Kier molecular flexibility index (Phi) is 7.06. The van der Waals surface area contributed by atoms with Gasteiger partial charge in [0.2, 0.25) is 11.8 Å². The molecule has 3 atom stereocenters. The van der Waals surface area contributed by atoms with Crippen LogP contribution in [0.4, 0.5) is 13.2 Å². The Morgan fingerprint density at radius 3 is 2.67 bits per heavy atom. The third-order valence-electron chi connectivity index (χ3n) is 4.24. The smallest absolute Gasteiger partial charge is 0.416 e. The van der Waals surface area contributed by atoms with E-state index in [0.717, 1.165) is 18.6 Å². The summed E-state index contributed by atoms with van der Waals surface area (Å²) in [5.41, 5.74) is -0.842. The van der Waals surface area contributed by atoms with Gasteiger partial charge in [-0.2, -0.15) is 13.2 Å². The largest absolute Gasteiger partial charge is 0.491 e. The Labute approximate surface area is 155 Å². The molecule has 0 bridgehead atoms. The molecule has 1 aromatic rings. The highest BCUT2D eigenvalue weighted by molar-refractivity contribution is 5.82. The number of alkyl halides is 3. The van der Waals surface area contributed by atoms with Crippen LogP contribution in [0.15, 0.2) is 24.3 Å². The summed E-state index contributed by atoms with van der Waals surface area (Å²) in [7, 11) is 0. The van der Waals surface area contributed by atoms with Crippen molar-refractivity contribution >= 4 is 11.8 Å². The average Bonchev–Trinajstić information content (AvgIpc) is 3.34. The number of amides is 2. The summed E-state index contributed by atoms with van der Waals surface area (Å²) in [6.45, 7) is 1.83. The van der Waals surface area contributed by atoms with Crippen LogP contribution in [0, 0.1) is 11.8 Å². The molecule has 0 radical (unpaired) electrons. The van der Waals surface area contributed by atoms with Crippen LogP contribution in [0.2, 0.25) is 0 Å². The number of rotatable bonds is 9. The lowest BCUT2D eigenvalue weighted by Gasteiger charge is -2.14. The molecule has 150 valence electrons. The minimum absolute atomic E-state index is 0.0211. The van der Waals surface area contributed by atoms with Crippen molar-refractivity contribution in [2.24, 2.45) is 11.8 Å². The standard InChI is InChI=1S/C18H23F3N2O4/c1-11-7-15(11)17(26)22-6-5-16(25)23-9-13(24)10-27-14-4-2-3-12(8-14)18(19,20)21/h2-4,8,11,13,15,24H,5-7,9-10H2,1H3,(H,22,26)(H,23,25). The van der Waals surface area contributed by atoms with E-state index in [0.29, 0.717) is 5.92 Å². The number of carbonyl (C=O) groups is 2. The van der Waals surface area contributed by atoms with Crippen molar-refractivity contribution in [3.8, 4) is 5.75 Å². The highest BCUT2D eigenvalue weighted by Gasteiger charge is 2.38. The molecule has 6 nitrogen and oxygen atoms in total. The quantitative estimate of drug-likeness (QED) is 0.601. The maximum atomic E-state index is 12.6. The molecular formula is C18H23F3N2O4. The highest BCUT2D eigenvalue weighted by atomic mass is 19.4. The molecule has 27 heavy (non-hydrogen) atoms. The maximum absolute atomic E-state index is 12.6. The molecule has 3 unspecified atom stereocenters. The van der Waals surface area contributed by atoms with Crippen molar-refractivity contribution in [3.05, 3.63) is 29.8 Å². The number of hydrogen-bond donors (Lipinski definition) is 3. The topological polar surface area (TPSA) is 87.7 Å². The van der Waals surface area contributed by atoms with Gasteiger partial charge < -0.3 is 20.5 Å². The molecule has 1 aromatic carbocycles. The molecule has 0 spiro atoms. The summed E-state index contributed by atoms with van der Waals surface area (Å²) in [5.74, 6) is 0.0167. The molecule has 2 rings (SSSR count). The lowest BCUT2D eigenvalue weighted by Crippen LogP contribution is -2.37. The van der Waals surface area contributed by atoms with Gasteiger partial charge in [0.1, 0.15) is 18.5 Å². The van der Waals surface area contributed by atoms with Crippen LogP contribution in [0.5, 0.6) is 5.75 Å². The summed E-state index contributed by atoms with van der Waals surface area (Å²) in [6.07, 6.45) is -4.60. The zero-order valence-corrected chi connectivity index (χ0v) is 14.9. The number of carbonyl (C=O) groups excluding carboxylic acids is 2. The van der Waals surface area contributed by atoms with Crippen molar-refractivity contribution < 1.29 is 32.6 Å². The Hall–Kier alpha value is -2.29. The maximum Gasteiger partial charge on any atom is 0.416 e. The summed E-state index contributed by atoms with van der Waals surface area (Å²) in [5, 5.41) is 14.9. The normalized spacial score (nSPS) is 19.9. The van der Waals surface area contributed by atoms with Crippen molar-refractivity contribution in [2.75, 3.05) is 19.7 Å². The minimum atomic E-state index is -4.47. The fraction of sp³-hybridized carbons (Fsp3) is 0.556. The van der Waals surface area contributed by atoms with E-state index >= 15 is 0 Å². The first-order chi connectivity index (χ1) is 12.7. The van der Waals surface area contributed by atoms with Crippen LogP contribution in [-0.2, 0) is 15.8 Å². The first-order valence-electron chi connectivity index (χ1n) is 8.69. The van der Waals surface area contributed by atoms with E-state index in [1.165, 1.54) is 12.1 Å². The van der Waals surface area contributed by atoms with Crippen LogP contribution >= 0.6 is 0 Å². The van der Waals surface area contributed by atoms with Crippen LogP contribution < -0.4 is 15.4 Å². The van der Waals surface area contributed by atoms with Crippen molar-refractivity contribution in [3.63, 3.8) is 0 Å².